The Balaban J connectivity index is 2.55. The topological polar surface area (TPSA) is 70.2 Å². The molecule has 0 aromatic heterocycles. The number of anilines is 1. The molecule has 0 aliphatic carbocycles. The Kier molecular flexibility index (Phi) is 6.43. The second-order valence-corrected chi connectivity index (χ2v) is 4.22. The molecule has 19 heavy (non-hydrogen) atoms. The highest BCUT2D eigenvalue weighted by molar-refractivity contribution is 5.95. The van der Waals surface area contributed by atoms with Crippen molar-refractivity contribution in [2.24, 2.45) is 0 Å². The lowest BCUT2D eigenvalue weighted by Crippen LogP contribution is -2.26. The SMILES string of the molecule is CCCCNC(=O)c1cccc(NCC(=O)NC)c1. The zero-order valence-electron chi connectivity index (χ0n) is 11.5. The van der Waals surface area contributed by atoms with Crippen LogP contribution in [0.3, 0.4) is 0 Å². The minimum absolute atomic E-state index is 0.0861. The van der Waals surface area contributed by atoms with Crippen LogP contribution >= 0.6 is 0 Å². The Bertz CT molecular complexity index is 432. The van der Waals surface area contributed by atoms with Gasteiger partial charge in [-0.3, -0.25) is 9.59 Å². The largest absolute Gasteiger partial charge is 0.376 e. The number of nitrogens with one attached hydrogen (secondary N) is 3. The second-order valence-electron chi connectivity index (χ2n) is 4.22. The van der Waals surface area contributed by atoms with Crippen molar-refractivity contribution in [3.05, 3.63) is 29.8 Å². The van der Waals surface area contributed by atoms with Crippen LogP contribution in [0.5, 0.6) is 0 Å². The summed E-state index contributed by atoms with van der Waals surface area (Å²) >= 11 is 0. The zero-order valence-corrected chi connectivity index (χ0v) is 11.5. The van der Waals surface area contributed by atoms with Crippen LogP contribution in [0.15, 0.2) is 24.3 Å². The Morgan fingerprint density at radius 1 is 1.26 bits per heavy atom. The summed E-state index contributed by atoms with van der Waals surface area (Å²) in [5.74, 6) is -0.185. The molecule has 2 amide bonds. The van der Waals surface area contributed by atoms with E-state index in [9.17, 15) is 9.59 Å². The Morgan fingerprint density at radius 2 is 2.05 bits per heavy atom. The number of rotatable bonds is 7. The first-order valence-electron chi connectivity index (χ1n) is 6.50. The summed E-state index contributed by atoms with van der Waals surface area (Å²) in [6, 6.07) is 7.11. The summed E-state index contributed by atoms with van der Waals surface area (Å²) in [6.07, 6.45) is 2.02. The molecule has 0 aliphatic heterocycles. The molecule has 5 nitrogen and oxygen atoms in total. The van der Waals surface area contributed by atoms with E-state index < -0.39 is 0 Å². The van der Waals surface area contributed by atoms with Gasteiger partial charge in [0.15, 0.2) is 0 Å². The monoisotopic (exact) mass is 263 g/mol. The third kappa shape index (κ3) is 5.42. The first-order chi connectivity index (χ1) is 9.17. The Morgan fingerprint density at radius 3 is 2.74 bits per heavy atom. The van der Waals surface area contributed by atoms with E-state index in [-0.39, 0.29) is 18.4 Å². The maximum atomic E-state index is 11.8. The highest BCUT2D eigenvalue weighted by Crippen LogP contribution is 2.10. The third-order valence-corrected chi connectivity index (χ3v) is 2.67. The van der Waals surface area contributed by atoms with E-state index in [1.54, 1.807) is 25.2 Å². The lowest BCUT2D eigenvalue weighted by atomic mass is 10.2. The van der Waals surface area contributed by atoms with Gasteiger partial charge in [-0.05, 0) is 24.6 Å². The first kappa shape index (κ1) is 15.0. The van der Waals surface area contributed by atoms with E-state index in [2.05, 4.69) is 22.9 Å². The van der Waals surface area contributed by atoms with Gasteiger partial charge < -0.3 is 16.0 Å². The number of carbonyl (C=O) groups is 2. The maximum Gasteiger partial charge on any atom is 0.251 e. The van der Waals surface area contributed by atoms with E-state index in [0.717, 1.165) is 18.5 Å². The van der Waals surface area contributed by atoms with Crippen LogP contribution in [-0.2, 0) is 4.79 Å². The number of unbranched alkanes of at least 4 members (excludes halogenated alkanes) is 1. The van der Waals surface area contributed by atoms with Crippen molar-refractivity contribution < 1.29 is 9.59 Å². The van der Waals surface area contributed by atoms with E-state index in [0.29, 0.717) is 12.1 Å². The van der Waals surface area contributed by atoms with Crippen molar-refractivity contribution in [2.45, 2.75) is 19.8 Å². The number of amides is 2. The van der Waals surface area contributed by atoms with Gasteiger partial charge in [-0.1, -0.05) is 19.4 Å². The van der Waals surface area contributed by atoms with Gasteiger partial charge in [-0.15, -0.1) is 0 Å². The third-order valence-electron chi connectivity index (χ3n) is 2.67. The predicted molar refractivity (Wildman–Crippen MR) is 76.2 cm³/mol. The van der Waals surface area contributed by atoms with Gasteiger partial charge in [0.25, 0.3) is 5.91 Å². The fraction of sp³-hybridized carbons (Fsp3) is 0.429. The number of hydrogen-bond acceptors (Lipinski definition) is 3. The number of likely N-dealkylation sites (N-methyl/N-ethyl adjacent to an activating group) is 1. The smallest absolute Gasteiger partial charge is 0.251 e. The summed E-state index contributed by atoms with van der Waals surface area (Å²) < 4.78 is 0. The van der Waals surface area contributed by atoms with Crippen LogP contribution in [0.25, 0.3) is 0 Å². The van der Waals surface area contributed by atoms with Gasteiger partial charge in [0.2, 0.25) is 5.91 Å². The molecule has 0 spiro atoms. The molecule has 0 saturated heterocycles. The maximum absolute atomic E-state index is 11.8. The molecular formula is C14H21N3O2. The molecule has 1 rings (SSSR count). The van der Waals surface area contributed by atoms with Crippen LogP contribution in [-0.4, -0.2) is 32.0 Å². The molecule has 1 aromatic carbocycles. The van der Waals surface area contributed by atoms with Crippen molar-refractivity contribution in [3.63, 3.8) is 0 Å². The molecule has 0 unspecified atom stereocenters. The molecule has 0 saturated carbocycles. The van der Waals surface area contributed by atoms with Crippen LogP contribution in [0, 0.1) is 0 Å². The summed E-state index contributed by atoms with van der Waals surface area (Å²) in [4.78, 5) is 23.0. The molecule has 104 valence electrons. The highest BCUT2D eigenvalue weighted by Gasteiger charge is 2.05. The van der Waals surface area contributed by atoms with Crippen LogP contribution in [0.1, 0.15) is 30.1 Å². The van der Waals surface area contributed by atoms with E-state index in [4.69, 9.17) is 0 Å². The van der Waals surface area contributed by atoms with E-state index in [1.807, 2.05) is 6.07 Å². The lowest BCUT2D eigenvalue weighted by Gasteiger charge is -2.08. The van der Waals surface area contributed by atoms with Crippen LogP contribution in [0.2, 0.25) is 0 Å². The molecule has 0 bridgehead atoms. The molecule has 5 heteroatoms. The zero-order chi connectivity index (χ0) is 14.1. The summed E-state index contributed by atoms with van der Waals surface area (Å²) in [7, 11) is 1.58. The summed E-state index contributed by atoms with van der Waals surface area (Å²) in [6.45, 7) is 2.96. The van der Waals surface area contributed by atoms with Crippen LogP contribution in [0.4, 0.5) is 5.69 Å². The number of carbonyl (C=O) groups excluding carboxylic acids is 2. The van der Waals surface area contributed by atoms with E-state index >= 15 is 0 Å². The number of benzene rings is 1. The Labute approximate surface area is 113 Å². The van der Waals surface area contributed by atoms with Gasteiger partial charge in [-0.2, -0.15) is 0 Å². The Hall–Kier alpha value is -2.04. The quantitative estimate of drug-likeness (QED) is 0.651. The average molecular weight is 263 g/mol. The molecule has 0 atom stereocenters. The highest BCUT2D eigenvalue weighted by atomic mass is 16.2. The van der Waals surface area contributed by atoms with Crippen molar-refractivity contribution in [2.75, 3.05) is 25.5 Å². The van der Waals surface area contributed by atoms with Gasteiger partial charge in [-0.25, -0.2) is 0 Å². The van der Waals surface area contributed by atoms with Gasteiger partial charge in [0.1, 0.15) is 0 Å². The molecule has 0 aliphatic rings. The lowest BCUT2D eigenvalue weighted by molar-refractivity contribution is -0.118. The fourth-order valence-corrected chi connectivity index (χ4v) is 1.52. The van der Waals surface area contributed by atoms with Crippen molar-refractivity contribution in [3.8, 4) is 0 Å². The summed E-state index contributed by atoms with van der Waals surface area (Å²) in [5.41, 5.74) is 1.35. The fourth-order valence-electron chi connectivity index (χ4n) is 1.52. The van der Waals surface area contributed by atoms with Crippen molar-refractivity contribution in [1.29, 1.82) is 0 Å². The molecule has 0 radical (unpaired) electrons. The summed E-state index contributed by atoms with van der Waals surface area (Å²) in [5, 5.41) is 8.35. The molecule has 1 aromatic rings. The van der Waals surface area contributed by atoms with E-state index in [1.165, 1.54) is 0 Å². The van der Waals surface area contributed by atoms with Crippen molar-refractivity contribution in [1.82, 2.24) is 10.6 Å². The first-order valence-corrected chi connectivity index (χ1v) is 6.50. The standard InChI is InChI=1S/C14H21N3O2/c1-3-4-8-16-14(19)11-6-5-7-12(9-11)17-10-13(18)15-2/h5-7,9,17H,3-4,8,10H2,1-2H3,(H,15,18)(H,16,19). The molecule has 3 N–H and O–H groups in total. The molecule has 0 fully saturated rings. The minimum Gasteiger partial charge on any atom is -0.376 e. The minimum atomic E-state index is -0.0993. The van der Waals surface area contributed by atoms with Gasteiger partial charge >= 0.3 is 0 Å². The van der Waals surface area contributed by atoms with Gasteiger partial charge in [0, 0.05) is 24.8 Å². The predicted octanol–water partition coefficient (Wildman–Crippen LogP) is 1.37. The van der Waals surface area contributed by atoms with Crippen molar-refractivity contribution >= 4 is 17.5 Å². The normalized spacial score (nSPS) is 9.79. The molecular weight excluding hydrogens is 242 g/mol. The molecule has 0 heterocycles. The second kappa shape index (κ2) is 8.13. The van der Waals surface area contributed by atoms with Crippen LogP contribution < -0.4 is 16.0 Å². The average Bonchev–Trinajstić information content (AvgIpc) is 2.45. The van der Waals surface area contributed by atoms with Gasteiger partial charge in [0.05, 0.1) is 6.54 Å². The number of hydrogen-bond donors (Lipinski definition) is 3.